The molecular formula is C34H32IrN2SSi-2. The first-order valence-corrected chi connectivity index (χ1v) is 17.4. The van der Waals surface area contributed by atoms with E-state index in [2.05, 4.69) is 93.1 Å². The second-order valence-corrected chi connectivity index (χ2v) is 16.8. The molecule has 6 aromatic rings. The molecule has 0 saturated carbocycles. The molecular weight excluding hydrogens is 689 g/mol. The molecule has 0 saturated heterocycles. The van der Waals surface area contributed by atoms with Gasteiger partial charge >= 0.3 is 0 Å². The summed E-state index contributed by atoms with van der Waals surface area (Å²) in [5, 5.41) is 4.29. The van der Waals surface area contributed by atoms with Gasteiger partial charge in [0.05, 0.1) is 0 Å². The Hall–Kier alpha value is -2.95. The van der Waals surface area contributed by atoms with Gasteiger partial charge in [0.25, 0.3) is 0 Å². The van der Waals surface area contributed by atoms with E-state index >= 15 is 0 Å². The summed E-state index contributed by atoms with van der Waals surface area (Å²) in [5.41, 5.74) is 5.45. The van der Waals surface area contributed by atoms with Crippen LogP contribution < -0.4 is 5.19 Å². The SMILES string of the molecule is CC(C)c1ccc(-c2[c-]cc([Si](C)(C)C)c3c2sc2ccccc23)nc1.[Ir].[c-]1ccccc1-c1ccccn1. The molecule has 0 atom stereocenters. The molecule has 39 heavy (non-hydrogen) atoms. The van der Waals surface area contributed by atoms with Gasteiger partial charge in [0, 0.05) is 45.3 Å². The number of aromatic nitrogens is 2. The predicted molar refractivity (Wildman–Crippen MR) is 167 cm³/mol. The van der Waals surface area contributed by atoms with Gasteiger partial charge in [-0.3, -0.25) is 0 Å². The standard InChI is InChI=1S/C23H24NSSi.C11H8N.Ir/c1-15(2)16-10-12-19(24-14-16)17-11-13-21(26(3,4)5)22-18-8-6-7-9-20(18)25-23(17)22;1-2-6-10(7-3-1)11-8-4-5-9-12-11;/h6-10,12-15H,1-5H3;1-6,8-9H;/q2*-1;. The van der Waals surface area contributed by atoms with Crippen molar-refractivity contribution in [3.05, 3.63) is 115 Å². The summed E-state index contributed by atoms with van der Waals surface area (Å²) in [5.74, 6) is 0.499. The third-order valence-corrected chi connectivity index (χ3v) is 9.82. The van der Waals surface area contributed by atoms with Crippen molar-refractivity contribution >= 4 is 44.8 Å². The molecule has 0 fully saturated rings. The third kappa shape index (κ3) is 6.45. The van der Waals surface area contributed by atoms with Crippen molar-refractivity contribution < 1.29 is 20.1 Å². The molecule has 2 nitrogen and oxygen atoms in total. The van der Waals surface area contributed by atoms with E-state index in [0.717, 1.165) is 22.5 Å². The smallest absolute Gasteiger partial charge is 0.0300 e. The number of thiophene rings is 1. The first-order chi connectivity index (χ1) is 18.3. The van der Waals surface area contributed by atoms with Crippen molar-refractivity contribution in [2.24, 2.45) is 0 Å². The van der Waals surface area contributed by atoms with Gasteiger partial charge in [-0.2, -0.15) is 11.3 Å². The molecule has 3 heterocycles. The van der Waals surface area contributed by atoms with Gasteiger partial charge in [-0.1, -0.05) is 81.3 Å². The Kier molecular flexibility index (Phi) is 9.29. The average Bonchev–Trinajstić information content (AvgIpc) is 3.33. The van der Waals surface area contributed by atoms with Crippen molar-refractivity contribution in [3.63, 3.8) is 0 Å². The summed E-state index contributed by atoms with van der Waals surface area (Å²) < 4.78 is 2.68. The predicted octanol–water partition coefficient (Wildman–Crippen LogP) is 9.13. The number of hydrogen-bond donors (Lipinski definition) is 0. The van der Waals surface area contributed by atoms with Gasteiger partial charge in [-0.15, -0.1) is 58.8 Å². The minimum atomic E-state index is -1.47. The topological polar surface area (TPSA) is 25.8 Å². The van der Waals surface area contributed by atoms with Crippen LogP contribution in [0.2, 0.25) is 19.6 Å². The molecule has 0 amide bonds. The molecule has 0 N–H and O–H groups in total. The number of hydrogen-bond acceptors (Lipinski definition) is 3. The van der Waals surface area contributed by atoms with Crippen LogP contribution in [-0.2, 0) is 20.1 Å². The van der Waals surface area contributed by atoms with E-state index < -0.39 is 8.07 Å². The first kappa shape index (κ1) is 29.0. The Morgan fingerprint density at radius 2 is 1.56 bits per heavy atom. The molecule has 6 rings (SSSR count). The molecule has 5 heteroatoms. The third-order valence-electron chi connectivity index (χ3n) is 6.62. The minimum Gasteiger partial charge on any atom is -0.305 e. The van der Waals surface area contributed by atoms with Crippen molar-refractivity contribution in [1.29, 1.82) is 0 Å². The molecule has 3 aromatic heterocycles. The molecule has 0 bridgehead atoms. The van der Waals surface area contributed by atoms with Gasteiger partial charge in [0.2, 0.25) is 0 Å². The van der Waals surface area contributed by atoms with Crippen molar-refractivity contribution in [3.8, 4) is 22.5 Å². The second-order valence-electron chi connectivity index (χ2n) is 10.8. The summed E-state index contributed by atoms with van der Waals surface area (Å²) in [7, 11) is -1.47. The number of benzene rings is 3. The molecule has 0 aliphatic carbocycles. The van der Waals surface area contributed by atoms with Gasteiger partial charge in [0.1, 0.15) is 0 Å². The van der Waals surface area contributed by atoms with Crippen LogP contribution in [0.4, 0.5) is 0 Å². The summed E-state index contributed by atoms with van der Waals surface area (Å²) in [6, 6.07) is 35.8. The zero-order chi connectivity index (χ0) is 26.7. The Balaban J connectivity index is 0.000000228. The van der Waals surface area contributed by atoms with E-state index in [-0.39, 0.29) is 20.1 Å². The fraction of sp³-hybridized carbons (Fsp3) is 0.176. The Labute approximate surface area is 250 Å². The molecule has 199 valence electrons. The van der Waals surface area contributed by atoms with Crippen LogP contribution in [0.5, 0.6) is 0 Å². The maximum absolute atomic E-state index is 4.77. The Bertz CT molecular complexity index is 1620. The van der Waals surface area contributed by atoms with Gasteiger partial charge < -0.3 is 9.97 Å². The van der Waals surface area contributed by atoms with Crippen LogP contribution in [-0.4, -0.2) is 18.0 Å². The van der Waals surface area contributed by atoms with Gasteiger partial charge in [-0.25, -0.2) is 0 Å². The molecule has 0 aliphatic heterocycles. The van der Waals surface area contributed by atoms with Crippen LogP contribution in [0.3, 0.4) is 0 Å². The minimum absolute atomic E-state index is 0. The molecule has 0 unspecified atom stereocenters. The normalized spacial score (nSPS) is 11.2. The Morgan fingerprint density at radius 1 is 0.795 bits per heavy atom. The molecule has 0 spiro atoms. The van der Waals surface area contributed by atoms with Crippen LogP contribution in [0, 0.1) is 12.1 Å². The quantitative estimate of drug-likeness (QED) is 0.134. The Morgan fingerprint density at radius 3 is 2.21 bits per heavy atom. The van der Waals surface area contributed by atoms with E-state index in [1.54, 1.807) is 6.20 Å². The van der Waals surface area contributed by atoms with Crippen molar-refractivity contribution in [1.82, 2.24) is 9.97 Å². The summed E-state index contributed by atoms with van der Waals surface area (Å²) in [6.07, 6.45) is 3.80. The maximum atomic E-state index is 4.77. The average molecular weight is 721 g/mol. The van der Waals surface area contributed by atoms with E-state index in [0.29, 0.717) is 5.92 Å². The van der Waals surface area contributed by atoms with Crippen molar-refractivity contribution in [2.45, 2.75) is 39.4 Å². The molecule has 3 aromatic carbocycles. The van der Waals surface area contributed by atoms with E-state index in [1.807, 2.05) is 60.0 Å². The fourth-order valence-corrected chi connectivity index (χ4v) is 7.36. The number of nitrogens with zero attached hydrogens (tertiary/aromatic N) is 2. The van der Waals surface area contributed by atoms with Crippen LogP contribution in [0.1, 0.15) is 25.3 Å². The monoisotopic (exact) mass is 721 g/mol. The van der Waals surface area contributed by atoms with Crippen LogP contribution >= 0.6 is 11.3 Å². The zero-order valence-electron chi connectivity index (χ0n) is 23.0. The van der Waals surface area contributed by atoms with E-state index in [1.165, 1.54) is 30.9 Å². The number of pyridine rings is 2. The van der Waals surface area contributed by atoms with Crippen LogP contribution in [0.15, 0.2) is 97.3 Å². The maximum Gasteiger partial charge on any atom is 0.0300 e. The summed E-state index contributed by atoms with van der Waals surface area (Å²) in [4.78, 5) is 8.99. The largest absolute Gasteiger partial charge is 0.305 e. The van der Waals surface area contributed by atoms with Crippen molar-refractivity contribution in [2.75, 3.05) is 0 Å². The number of rotatable bonds is 4. The molecule has 0 aliphatic rings. The van der Waals surface area contributed by atoms with Gasteiger partial charge in [-0.05, 0) is 45.1 Å². The fourth-order valence-electron chi connectivity index (χ4n) is 4.52. The zero-order valence-corrected chi connectivity index (χ0v) is 27.2. The second kappa shape index (κ2) is 12.5. The first-order valence-electron chi connectivity index (χ1n) is 13.0. The summed E-state index contributed by atoms with van der Waals surface area (Å²) in [6.45, 7) is 11.7. The number of fused-ring (bicyclic) bond motifs is 3. The van der Waals surface area contributed by atoms with E-state index in [9.17, 15) is 0 Å². The van der Waals surface area contributed by atoms with E-state index in [4.69, 9.17) is 4.98 Å². The summed E-state index contributed by atoms with van der Waals surface area (Å²) >= 11 is 1.87. The van der Waals surface area contributed by atoms with Crippen LogP contribution in [0.25, 0.3) is 42.7 Å². The van der Waals surface area contributed by atoms with Gasteiger partial charge in [0.15, 0.2) is 0 Å². The molecule has 1 radical (unpaired) electrons.